The molecule has 1 unspecified atom stereocenters. The zero-order valence-corrected chi connectivity index (χ0v) is 24.2. The standard InChI is InChI=1S/C31H36ClFN6O2/c1-3-28(40)39-13-12-38(18-23(39)8-11-34)29-25-7-10-31(9-6-20-14-21(32)4-5-26(20)31)16-27(25)35-30(36-29)41-19-24-15-22(33)17-37(24)2/h3-5,14,22-24H,1,6-10,12-13,15-19H2,2H3/t22-,23+,24+,31?/m1/s1. The summed E-state index contributed by atoms with van der Waals surface area (Å²) in [7, 11) is 1.92. The number of anilines is 1. The molecule has 1 aromatic heterocycles. The normalized spacial score (nSPS) is 27.4. The second-order valence-corrected chi connectivity index (χ2v) is 12.4. The van der Waals surface area contributed by atoms with E-state index >= 15 is 0 Å². The van der Waals surface area contributed by atoms with Crippen LogP contribution in [0.5, 0.6) is 6.01 Å². The lowest BCUT2D eigenvalue weighted by Gasteiger charge is -2.42. The molecular weight excluding hydrogens is 543 g/mol. The van der Waals surface area contributed by atoms with Crippen LogP contribution in [0.25, 0.3) is 0 Å². The number of amides is 1. The molecule has 8 nitrogen and oxygen atoms in total. The average Bonchev–Trinajstić information content (AvgIpc) is 3.48. The van der Waals surface area contributed by atoms with Gasteiger partial charge in [0.05, 0.1) is 24.2 Å². The lowest BCUT2D eigenvalue weighted by molar-refractivity contribution is -0.128. The number of carbonyl (C=O) groups excluding carboxylic acids is 1. The molecule has 41 heavy (non-hydrogen) atoms. The smallest absolute Gasteiger partial charge is 0.318 e. The van der Waals surface area contributed by atoms with Gasteiger partial charge in [-0.1, -0.05) is 24.2 Å². The number of aryl methyl sites for hydroxylation is 1. The molecule has 2 aromatic rings. The molecule has 2 aliphatic heterocycles. The van der Waals surface area contributed by atoms with Crippen LogP contribution in [0.3, 0.4) is 0 Å². The minimum atomic E-state index is -0.851. The first-order valence-corrected chi connectivity index (χ1v) is 14.9. The van der Waals surface area contributed by atoms with Crippen LogP contribution in [0, 0.1) is 11.3 Å². The highest BCUT2D eigenvalue weighted by molar-refractivity contribution is 6.30. The van der Waals surface area contributed by atoms with Crippen molar-refractivity contribution in [2.75, 3.05) is 44.7 Å². The van der Waals surface area contributed by atoms with Gasteiger partial charge in [0, 0.05) is 48.2 Å². The van der Waals surface area contributed by atoms with Crippen LogP contribution >= 0.6 is 11.6 Å². The van der Waals surface area contributed by atoms with Gasteiger partial charge in [0.15, 0.2) is 0 Å². The Balaban J connectivity index is 1.33. The predicted octanol–water partition coefficient (Wildman–Crippen LogP) is 4.04. The Hall–Kier alpha value is -3.22. The Labute approximate surface area is 245 Å². The molecule has 1 amide bonds. The maximum absolute atomic E-state index is 14.0. The van der Waals surface area contributed by atoms with Gasteiger partial charge in [-0.15, -0.1) is 0 Å². The number of nitrogens with zero attached hydrogens (tertiary/aromatic N) is 6. The van der Waals surface area contributed by atoms with Crippen molar-refractivity contribution in [2.24, 2.45) is 0 Å². The molecule has 0 N–H and O–H groups in total. The second kappa shape index (κ2) is 11.2. The quantitative estimate of drug-likeness (QED) is 0.478. The summed E-state index contributed by atoms with van der Waals surface area (Å²) in [4.78, 5) is 28.3. The third-order valence-corrected chi connectivity index (χ3v) is 9.77. The molecule has 3 heterocycles. The molecule has 0 radical (unpaired) electrons. The van der Waals surface area contributed by atoms with Gasteiger partial charge in [-0.3, -0.25) is 9.69 Å². The summed E-state index contributed by atoms with van der Waals surface area (Å²) in [5, 5.41) is 10.3. The summed E-state index contributed by atoms with van der Waals surface area (Å²) in [5.41, 5.74) is 4.79. The van der Waals surface area contributed by atoms with E-state index in [4.69, 9.17) is 26.3 Å². The minimum Gasteiger partial charge on any atom is -0.462 e. The maximum Gasteiger partial charge on any atom is 0.318 e. The third kappa shape index (κ3) is 5.28. The van der Waals surface area contributed by atoms with Crippen molar-refractivity contribution in [3.05, 3.63) is 58.3 Å². The number of aromatic nitrogens is 2. The van der Waals surface area contributed by atoms with Crippen LogP contribution in [0.1, 0.15) is 48.1 Å². The Morgan fingerprint density at radius 1 is 1.27 bits per heavy atom. The summed E-state index contributed by atoms with van der Waals surface area (Å²) in [5.74, 6) is 0.665. The lowest BCUT2D eigenvalue weighted by Crippen LogP contribution is -2.55. The molecule has 1 aromatic carbocycles. The maximum atomic E-state index is 14.0. The van der Waals surface area contributed by atoms with E-state index in [1.54, 1.807) is 4.90 Å². The first kappa shape index (κ1) is 27.9. The van der Waals surface area contributed by atoms with Gasteiger partial charge in [0.25, 0.3) is 0 Å². The van der Waals surface area contributed by atoms with E-state index in [9.17, 15) is 14.4 Å². The van der Waals surface area contributed by atoms with Crippen molar-refractivity contribution in [3.63, 3.8) is 0 Å². The number of carbonyl (C=O) groups is 1. The number of likely N-dealkylation sites (N-methyl/N-ethyl adjacent to an activating group) is 1. The van der Waals surface area contributed by atoms with Crippen molar-refractivity contribution >= 4 is 23.3 Å². The zero-order valence-electron chi connectivity index (χ0n) is 23.5. The first-order chi connectivity index (χ1) is 19.8. The molecule has 6 rings (SSSR count). The highest BCUT2D eigenvalue weighted by atomic mass is 35.5. The van der Waals surface area contributed by atoms with Gasteiger partial charge >= 0.3 is 6.01 Å². The van der Waals surface area contributed by atoms with E-state index in [1.165, 1.54) is 17.2 Å². The highest BCUT2D eigenvalue weighted by Gasteiger charge is 2.43. The highest BCUT2D eigenvalue weighted by Crippen LogP contribution is 2.49. The van der Waals surface area contributed by atoms with E-state index in [2.05, 4.69) is 29.7 Å². The molecular formula is C31H36ClFN6O2. The number of fused-ring (bicyclic) bond motifs is 3. The van der Waals surface area contributed by atoms with Gasteiger partial charge in [-0.05, 0) is 74.9 Å². The third-order valence-electron chi connectivity index (χ3n) is 9.53. The van der Waals surface area contributed by atoms with E-state index < -0.39 is 6.17 Å². The van der Waals surface area contributed by atoms with Crippen molar-refractivity contribution in [3.8, 4) is 12.1 Å². The molecule has 10 heteroatoms. The molecule has 0 saturated carbocycles. The van der Waals surface area contributed by atoms with Crippen LogP contribution in [0.4, 0.5) is 10.2 Å². The van der Waals surface area contributed by atoms with E-state index in [1.807, 2.05) is 18.0 Å². The van der Waals surface area contributed by atoms with Crippen molar-refractivity contribution in [2.45, 2.75) is 68.6 Å². The van der Waals surface area contributed by atoms with E-state index in [-0.39, 0.29) is 29.8 Å². The molecule has 0 bridgehead atoms. The predicted molar refractivity (Wildman–Crippen MR) is 155 cm³/mol. The lowest BCUT2D eigenvalue weighted by atomic mass is 9.69. The van der Waals surface area contributed by atoms with Crippen molar-refractivity contribution in [1.82, 2.24) is 19.8 Å². The van der Waals surface area contributed by atoms with Crippen LogP contribution in [-0.2, 0) is 29.5 Å². The summed E-state index contributed by atoms with van der Waals surface area (Å²) in [6.45, 7) is 5.93. The number of likely N-dealkylation sites (tertiary alicyclic amines) is 1. The summed E-state index contributed by atoms with van der Waals surface area (Å²) in [6, 6.07) is 8.52. The Morgan fingerprint density at radius 2 is 2.10 bits per heavy atom. The van der Waals surface area contributed by atoms with Crippen LogP contribution in [0.2, 0.25) is 5.02 Å². The van der Waals surface area contributed by atoms with Crippen LogP contribution in [-0.4, -0.2) is 83.8 Å². The van der Waals surface area contributed by atoms with Crippen molar-refractivity contribution in [1.29, 1.82) is 5.26 Å². The number of hydrogen-bond acceptors (Lipinski definition) is 7. The fraction of sp³-hybridized carbons (Fsp3) is 0.548. The SMILES string of the molecule is C=CC(=O)N1CCN(c2nc(OC[C@@H]3C[C@@H](F)CN3C)nc3c2CCC2(CCc4cc(Cl)ccc42)C3)C[C@@H]1CC#N. The fourth-order valence-corrected chi connectivity index (χ4v) is 7.54. The van der Waals surface area contributed by atoms with Gasteiger partial charge in [0.1, 0.15) is 18.6 Å². The number of halogens is 2. The number of ether oxygens (including phenoxy) is 1. The fourth-order valence-electron chi connectivity index (χ4n) is 7.35. The molecule has 4 aliphatic rings. The molecule has 2 fully saturated rings. The largest absolute Gasteiger partial charge is 0.462 e. The Morgan fingerprint density at radius 3 is 2.85 bits per heavy atom. The Bertz CT molecular complexity index is 1400. The van der Waals surface area contributed by atoms with Crippen molar-refractivity contribution < 1.29 is 13.9 Å². The number of rotatable bonds is 6. The number of piperazine rings is 1. The number of benzene rings is 1. The van der Waals surface area contributed by atoms with Crippen LogP contribution in [0.15, 0.2) is 30.9 Å². The molecule has 4 atom stereocenters. The zero-order chi connectivity index (χ0) is 28.7. The topological polar surface area (TPSA) is 85.6 Å². The van der Waals surface area contributed by atoms with Gasteiger partial charge in [0.2, 0.25) is 5.91 Å². The minimum absolute atomic E-state index is 0.00134. The van der Waals surface area contributed by atoms with Gasteiger partial charge in [-0.2, -0.15) is 15.2 Å². The molecule has 216 valence electrons. The second-order valence-electron chi connectivity index (χ2n) is 11.9. The number of alkyl halides is 1. The molecule has 2 aliphatic carbocycles. The molecule has 2 saturated heterocycles. The monoisotopic (exact) mass is 578 g/mol. The Kier molecular flexibility index (Phi) is 7.64. The average molecular weight is 579 g/mol. The summed E-state index contributed by atoms with van der Waals surface area (Å²) in [6.07, 6.45) is 5.79. The number of hydrogen-bond donors (Lipinski definition) is 0. The summed E-state index contributed by atoms with van der Waals surface area (Å²) >= 11 is 6.32. The summed E-state index contributed by atoms with van der Waals surface area (Å²) < 4.78 is 20.2. The van der Waals surface area contributed by atoms with E-state index in [0.29, 0.717) is 45.2 Å². The van der Waals surface area contributed by atoms with Crippen LogP contribution < -0.4 is 9.64 Å². The number of nitriles is 1. The first-order valence-electron chi connectivity index (χ1n) is 14.5. The van der Waals surface area contributed by atoms with Gasteiger partial charge in [-0.25, -0.2) is 4.39 Å². The molecule has 1 spiro atoms. The van der Waals surface area contributed by atoms with Gasteiger partial charge < -0.3 is 14.5 Å². The van der Waals surface area contributed by atoms with E-state index in [0.717, 1.165) is 54.2 Å².